The van der Waals surface area contributed by atoms with Crippen LogP contribution in [0.2, 0.25) is 0 Å². The predicted octanol–water partition coefficient (Wildman–Crippen LogP) is -3.68. The number of cyclic esters (lactones) is 1. The molecule has 2 saturated heterocycles. The van der Waals surface area contributed by atoms with Gasteiger partial charge in [-0.15, -0.1) is 0 Å². The monoisotopic (exact) mass is 1660 g/mol. The summed E-state index contributed by atoms with van der Waals surface area (Å²) in [5.74, 6) is -17.8. The molecule has 2 aliphatic heterocycles. The maximum Gasteiger partial charge on any atom is 0.325 e. The quantitative estimate of drug-likeness (QED) is 0.00684. The first-order valence-corrected chi connectivity index (χ1v) is 39.9. The summed E-state index contributed by atoms with van der Waals surface area (Å²) in [6.07, 6.45) is -4.41. The Morgan fingerprint density at radius 2 is 1.26 bits per heavy atom. The number of amides is 14. The summed E-state index contributed by atoms with van der Waals surface area (Å²) >= 11 is 0. The third kappa shape index (κ3) is 29.5. The number of benzene rings is 2. The van der Waals surface area contributed by atoms with Crippen molar-refractivity contribution in [2.75, 3.05) is 39.5 Å². The Morgan fingerprint density at radius 1 is 0.692 bits per heavy atom. The van der Waals surface area contributed by atoms with E-state index in [-0.39, 0.29) is 45.2 Å². The molecule has 41 heteroatoms. The minimum absolute atomic E-state index is 0.0195. The molecule has 40 nitrogen and oxygen atoms in total. The lowest BCUT2D eigenvalue weighted by Gasteiger charge is -2.38. The second-order valence-electron chi connectivity index (χ2n) is 32.1. The summed E-state index contributed by atoms with van der Waals surface area (Å²) in [6, 6.07) is -6.76. The first-order valence-electron chi connectivity index (χ1n) is 38.3. The number of nitrogens with zero attached hydrogens (tertiary/aromatic N) is 4. The number of aldehydes is 1. The van der Waals surface area contributed by atoms with E-state index in [0.29, 0.717) is 44.5 Å². The van der Waals surface area contributed by atoms with E-state index in [1.807, 2.05) is 0 Å². The molecule has 117 heavy (non-hydrogen) atoms. The average molecular weight is 1660 g/mol. The van der Waals surface area contributed by atoms with Gasteiger partial charge in [0.2, 0.25) is 70.9 Å². The number of nitrogens with two attached hydrogens (primary N) is 4. The van der Waals surface area contributed by atoms with Gasteiger partial charge in [-0.1, -0.05) is 104 Å². The molecule has 5 rings (SSSR count). The summed E-state index contributed by atoms with van der Waals surface area (Å²) in [4.78, 5) is 237. The number of esters is 1. The van der Waals surface area contributed by atoms with Gasteiger partial charge in [0.1, 0.15) is 79.4 Å². The van der Waals surface area contributed by atoms with E-state index in [4.69, 9.17) is 27.7 Å². The van der Waals surface area contributed by atoms with E-state index in [1.54, 1.807) is 116 Å². The molecular weight excluding hydrogens is 1550 g/mol. The number of aliphatic hydroxyl groups is 1. The molecule has 2 aromatic carbocycles. The first-order chi connectivity index (χ1) is 54.5. The number of ether oxygens (including phenoxy) is 1. The number of aromatic nitrogens is 1. The number of para-hydroxylation sites is 1. The molecule has 2 fully saturated rings. The van der Waals surface area contributed by atoms with Gasteiger partial charge < -0.3 is 105 Å². The Kier molecular flexibility index (Phi) is 35.5. The molecule has 21 N–H and O–H groups in total. The van der Waals surface area contributed by atoms with Crippen LogP contribution in [-0.4, -0.2) is 269 Å². The van der Waals surface area contributed by atoms with E-state index in [2.05, 4.69) is 63.1 Å². The lowest BCUT2D eigenvalue weighted by molar-refractivity contribution is -0.158. The number of carbonyl (C=O) groups is 16. The van der Waals surface area contributed by atoms with E-state index in [0.717, 1.165) is 27.9 Å². The minimum atomic E-state index is -5.41. The zero-order valence-electron chi connectivity index (χ0n) is 68.1. The number of ketones is 1. The van der Waals surface area contributed by atoms with Gasteiger partial charge in [0.15, 0.2) is 11.7 Å². The summed E-state index contributed by atoms with van der Waals surface area (Å²) in [7, 11) is -3.39. The number of nitrogens with one attached hydrogen (secondary N) is 11. The van der Waals surface area contributed by atoms with Crippen LogP contribution in [0.4, 0.5) is 4.79 Å². The number of hydrogen-bond acceptors (Lipinski definition) is 22. The van der Waals surface area contributed by atoms with Gasteiger partial charge in [-0.05, 0) is 93.2 Å². The predicted molar refractivity (Wildman–Crippen MR) is 425 cm³/mol. The fourth-order valence-electron chi connectivity index (χ4n) is 13.4. The van der Waals surface area contributed by atoms with E-state index < -0.39 is 250 Å². The van der Waals surface area contributed by atoms with Crippen molar-refractivity contribution in [3.8, 4) is 0 Å². The Balaban J connectivity index is 1.58. The summed E-state index contributed by atoms with van der Waals surface area (Å²) in [6.45, 7) is 15.5. The van der Waals surface area contributed by atoms with Gasteiger partial charge in [-0.25, -0.2) is 4.79 Å². The molecular formula is C76H115N19O21S. The summed E-state index contributed by atoms with van der Waals surface area (Å²) in [5, 5.41) is 37.0. The summed E-state index contributed by atoms with van der Waals surface area (Å²) in [5.41, 5.74) is 21.7. The Morgan fingerprint density at radius 3 is 1.85 bits per heavy atom. The molecule has 0 bridgehead atoms. The Labute approximate surface area is 678 Å². The minimum Gasteiger partial charge on any atom is -0.459 e. The molecule has 3 aromatic rings. The second-order valence-corrected chi connectivity index (χ2v) is 33.6. The summed E-state index contributed by atoms with van der Waals surface area (Å²) < 4.78 is 42.7. The van der Waals surface area contributed by atoms with Gasteiger partial charge in [0.25, 0.3) is 10.1 Å². The molecule has 0 saturated carbocycles. The van der Waals surface area contributed by atoms with Gasteiger partial charge in [0.05, 0.1) is 36.4 Å². The molecule has 0 radical (unpaired) electrons. The highest BCUT2D eigenvalue weighted by atomic mass is 32.2. The van der Waals surface area contributed by atoms with Gasteiger partial charge in [-0.2, -0.15) is 8.42 Å². The van der Waals surface area contributed by atoms with Crippen molar-refractivity contribution in [2.24, 2.45) is 44.7 Å². The van der Waals surface area contributed by atoms with Gasteiger partial charge >= 0.3 is 12.0 Å². The number of rotatable bonds is 34. The SMILES string of the molecule is CC(C)C[C@H]1NC(=O)[C@H](CCC(N)=O)N(C)C(=O)[C@@H](N[C@H](CS(=O)(=O)O)C(=O)N[C@@H](CCCN=C(N)N)C(=O)N[C@H](Cc2c[nH]c3ccccc23)C(=O)N[C@H](C(=O)N[C@@H](C(=O)[C@@H]2CCCN2C(=O)N[C@@H](Cc2ccccc2)C(=O)N[C@H](C)C=O)C(C)(C)C)C(C)(C)C)[C@@H](C)OC(=O)CN(C)C(=O)[C@H]([C@@H](C)O)NC(=O)[C@H](CC(N)=O)NC1=O. The zero-order valence-corrected chi connectivity index (χ0v) is 69.0. The van der Waals surface area contributed by atoms with Crippen LogP contribution in [0.5, 0.6) is 0 Å². The van der Waals surface area contributed by atoms with Crippen LogP contribution in [0.15, 0.2) is 65.8 Å². The topological polar surface area (TPSA) is 619 Å². The van der Waals surface area contributed by atoms with Crippen molar-refractivity contribution in [1.29, 1.82) is 0 Å². The standard InChI is InChI=1S/C76H115N19O21S/c1-39(2)31-48-65(104)87-51(34-56(78)99)66(105)90-58(41(4)97)71(110)93(12)36-57(100)116-42(5)59(72(111)94(13)54(69(108)88-48)27-28-55(77)98)84-52(38-117(113,114)115)68(107)85-47(25-19-29-81-73(79)80)63(102)86-50(33-44-35-82-46-24-18-17-23-45(44)46)67(106)92-62(76(9,10)11)70(109)91-61(75(6,7)8)60(101)53-26-20-30-95(53)74(112)89-49(64(103)83-40(3)37-96)32-43-21-15-14-16-22-43/h14-18,21-24,35,37,39-42,47-54,58-59,61-62,82,84,97H,19-20,25-34,36,38H2,1-13H3,(H2,77,98)(H2,78,99)(H,83,103)(H,85,107)(H,86,102)(H,87,104)(H,88,108)(H,89,112)(H,90,105)(H,91,109)(H,92,106)(H4,79,80,81)(H,113,114,115)/t40-,41-,42-,47+,48-,49+,50-,51+,52-,53+,54+,58+,59+,61+,62-/m1/s1. The number of fused-ring (bicyclic) bond motifs is 1. The van der Waals surface area contributed by atoms with Crippen LogP contribution < -0.4 is 76.1 Å². The number of aliphatic hydroxyl groups excluding tert-OH is 1. The largest absolute Gasteiger partial charge is 0.459 e. The number of carbonyl (C=O) groups excluding carboxylic acids is 16. The molecule has 15 atom stereocenters. The molecule has 646 valence electrons. The van der Waals surface area contributed by atoms with Crippen LogP contribution in [0.25, 0.3) is 10.9 Å². The second kappa shape index (κ2) is 43.1. The lowest BCUT2D eigenvalue weighted by atomic mass is 9.80. The smallest absolute Gasteiger partial charge is 0.325 e. The lowest BCUT2D eigenvalue weighted by Crippen LogP contribution is -2.64. The van der Waals surface area contributed by atoms with Gasteiger partial charge in [-0.3, -0.25) is 82.0 Å². The third-order valence-corrected chi connectivity index (χ3v) is 20.3. The van der Waals surface area contributed by atoms with Crippen molar-refractivity contribution >= 4 is 122 Å². The maximum absolute atomic E-state index is 15.4. The fourth-order valence-corrected chi connectivity index (χ4v) is 14.0. The van der Waals surface area contributed by atoms with E-state index in [1.165, 1.54) is 11.8 Å². The Hall–Kier alpha value is -11.2. The third-order valence-electron chi connectivity index (χ3n) is 19.6. The highest BCUT2D eigenvalue weighted by Crippen LogP contribution is 2.30. The van der Waals surface area contributed by atoms with Gasteiger partial charge in [0, 0.05) is 63.5 Å². The van der Waals surface area contributed by atoms with Crippen LogP contribution in [-0.2, 0) is 99.6 Å². The van der Waals surface area contributed by atoms with Crippen molar-refractivity contribution in [3.05, 3.63) is 71.9 Å². The first kappa shape index (κ1) is 96.4. The number of H-pyrrole nitrogens is 1. The highest BCUT2D eigenvalue weighted by Gasteiger charge is 2.47. The molecule has 0 unspecified atom stereocenters. The number of hydrogen-bond donors (Lipinski definition) is 17. The van der Waals surface area contributed by atoms with Crippen LogP contribution >= 0.6 is 0 Å². The fraction of sp³-hybridized carbons (Fsp3) is 0.592. The van der Waals surface area contributed by atoms with Crippen molar-refractivity contribution in [2.45, 2.75) is 231 Å². The van der Waals surface area contributed by atoms with Crippen molar-refractivity contribution in [1.82, 2.24) is 72.9 Å². The van der Waals surface area contributed by atoms with Crippen LogP contribution in [0.1, 0.15) is 139 Å². The molecule has 3 heterocycles. The number of urea groups is 1. The number of likely N-dealkylation sites (tertiary alicyclic amines) is 1. The number of primary amides is 2. The Bertz CT molecular complexity index is 4240. The molecule has 1 aromatic heterocycles. The number of aliphatic imine (C=N–C) groups is 1. The number of Topliss-reactive ketones (excluding diaryl/α,β-unsaturated/α-hetero) is 1. The molecule has 0 spiro atoms. The average Bonchev–Trinajstić information content (AvgIpc) is 1.72. The number of likely N-dealkylation sites (N-methyl/N-ethyl adjacent to an activating group) is 2. The van der Waals surface area contributed by atoms with E-state index >= 15 is 28.8 Å². The molecule has 2 aliphatic rings. The normalized spacial score (nSPS) is 21.1. The maximum atomic E-state index is 15.4. The number of aromatic amines is 1. The van der Waals surface area contributed by atoms with Crippen LogP contribution in [0, 0.1) is 16.7 Å². The highest BCUT2D eigenvalue weighted by molar-refractivity contribution is 7.85. The number of guanidine groups is 1. The van der Waals surface area contributed by atoms with E-state index in [9.17, 15) is 66.0 Å². The molecule has 14 amide bonds. The zero-order chi connectivity index (χ0) is 87.9. The van der Waals surface area contributed by atoms with Crippen molar-refractivity contribution < 1.29 is 99.5 Å². The van der Waals surface area contributed by atoms with Crippen LogP contribution in [0.3, 0.4) is 0 Å². The molecule has 0 aliphatic carbocycles. The van der Waals surface area contributed by atoms with Crippen molar-refractivity contribution in [3.63, 3.8) is 0 Å².